The third-order valence-corrected chi connectivity index (χ3v) is 0.729. The first-order valence-electron chi connectivity index (χ1n) is 2.43. The molecule has 0 fully saturated rings. The summed E-state index contributed by atoms with van der Waals surface area (Å²) in [6.45, 7) is 3.42. The number of carboxylic acids is 1. The quantitative estimate of drug-likeness (QED) is 0.546. The lowest BCUT2D eigenvalue weighted by molar-refractivity contribution is -0.137. The van der Waals surface area contributed by atoms with Crippen LogP contribution in [0, 0.1) is 6.92 Å². The summed E-state index contributed by atoms with van der Waals surface area (Å²) >= 11 is 0. The zero-order chi connectivity index (χ0) is 6.57. The lowest BCUT2D eigenvalue weighted by Gasteiger charge is -1.98. The third kappa shape index (κ3) is 5.43. The van der Waals surface area contributed by atoms with E-state index >= 15 is 0 Å². The van der Waals surface area contributed by atoms with Gasteiger partial charge >= 0.3 is 5.97 Å². The van der Waals surface area contributed by atoms with E-state index in [-0.39, 0.29) is 12.5 Å². The molecule has 0 spiro atoms. The van der Waals surface area contributed by atoms with Gasteiger partial charge in [-0.3, -0.25) is 4.79 Å². The van der Waals surface area contributed by atoms with Gasteiger partial charge in [-0.05, 0) is 13.3 Å². The summed E-state index contributed by atoms with van der Waals surface area (Å²) in [5, 5.41) is 8.08. The predicted octanol–water partition coefficient (Wildman–Crippen LogP) is 0.0126. The number of aliphatic carboxylic acids is 1. The van der Waals surface area contributed by atoms with Crippen LogP contribution in [0.15, 0.2) is 0 Å². The van der Waals surface area contributed by atoms with Crippen molar-refractivity contribution in [2.45, 2.75) is 18.9 Å². The molecule has 8 heavy (non-hydrogen) atoms. The van der Waals surface area contributed by atoms with Gasteiger partial charge in [-0.15, -0.1) is 0 Å². The Kier molecular flexibility index (Phi) is 3.19. The molecule has 0 aromatic rings. The molecule has 3 N–H and O–H groups in total. The molecule has 0 aliphatic carbocycles. The van der Waals surface area contributed by atoms with Crippen molar-refractivity contribution in [3.63, 3.8) is 0 Å². The van der Waals surface area contributed by atoms with E-state index in [0.717, 1.165) is 0 Å². The Balaban J connectivity index is 3.05. The second-order valence-electron chi connectivity index (χ2n) is 1.69. The van der Waals surface area contributed by atoms with E-state index in [0.29, 0.717) is 6.42 Å². The molecule has 0 bridgehead atoms. The highest BCUT2D eigenvalue weighted by molar-refractivity contribution is 5.66. The largest absolute Gasteiger partial charge is 0.481 e. The number of hydrogen-bond acceptors (Lipinski definition) is 2. The van der Waals surface area contributed by atoms with Crippen LogP contribution in [-0.2, 0) is 4.79 Å². The summed E-state index contributed by atoms with van der Waals surface area (Å²) in [6.07, 6.45) is 0.569. The molecule has 0 aromatic heterocycles. The smallest absolute Gasteiger partial charge is 0.303 e. The molecule has 47 valence electrons. The molecule has 0 aliphatic rings. The summed E-state index contributed by atoms with van der Waals surface area (Å²) in [7, 11) is 0. The number of nitrogens with two attached hydrogens (primary N) is 1. The van der Waals surface area contributed by atoms with E-state index in [4.69, 9.17) is 10.8 Å². The van der Waals surface area contributed by atoms with Crippen molar-refractivity contribution in [2.75, 3.05) is 0 Å². The van der Waals surface area contributed by atoms with Crippen LogP contribution >= 0.6 is 0 Å². The Morgan fingerprint density at radius 1 is 1.88 bits per heavy atom. The van der Waals surface area contributed by atoms with E-state index in [1.54, 1.807) is 0 Å². The molecule has 3 heteroatoms. The minimum atomic E-state index is -0.816. The van der Waals surface area contributed by atoms with Crippen LogP contribution in [0.25, 0.3) is 0 Å². The molecule has 1 atom stereocenters. The Labute approximate surface area is 48.5 Å². The van der Waals surface area contributed by atoms with E-state index in [1.807, 2.05) is 0 Å². The van der Waals surface area contributed by atoms with E-state index in [2.05, 4.69) is 6.92 Å². The van der Waals surface area contributed by atoms with Crippen molar-refractivity contribution in [1.82, 2.24) is 0 Å². The summed E-state index contributed by atoms with van der Waals surface area (Å²) < 4.78 is 0. The van der Waals surface area contributed by atoms with Gasteiger partial charge in [0, 0.05) is 12.5 Å². The molecule has 0 aromatic carbocycles. The van der Waals surface area contributed by atoms with Crippen molar-refractivity contribution in [2.24, 2.45) is 5.73 Å². The van der Waals surface area contributed by atoms with Gasteiger partial charge in [-0.1, -0.05) is 0 Å². The van der Waals surface area contributed by atoms with Crippen LogP contribution in [0.5, 0.6) is 0 Å². The fourth-order valence-electron chi connectivity index (χ4n) is 0.309. The van der Waals surface area contributed by atoms with Crippen LogP contribution in [0.2, 0.25) is 0 Å². The van der Waals surface area contributed by atoms with Crippen LogP contribution < -0.4 is 5.73 Å². The summed E-state index contributed by atoms with van der Waals surface area (Å²) in [5.41, 5.74) is 5.17. The fraction of sp³-hybridized carbons (Fsp3) is 0.600. The Hall–Kier alpha value is -0.570. The third-order valence-electron chi connectivity index (χ3n) is 0.729. The Bertz CT molecular complexity index is 80.5. The van der Waals surface area contributed by atoms with Crippen LogP contribution in [-0.4, -0.2) is 17.1 Å². The van der Waals surface area contributed by atoms with Gasteiger partial charge in [0.25, 0.3) is 0 Å². The second kappa shape index (κ2) is 3.43. The number of rotatable bonds is 3. The van der Waals surface area contributed by atoms with Crippen molar-refractivity contribution in [3.8, 4) is 0 Å². The molecular weight excluding hydrogens is 106 g/mol. The molecule has 1 radical (unpaired) electrons. The average molecular weight is 116 g/mol. The van der Waals surface area contributed by atoms with E-state index < -0.39 is 5.97 Å². The average Bonchev–Trinajstić information content (AvgIpc) is 1.61. The maximum absolute atomic E-state index is 9.82. The summed E-state index contributed by atoms with van der Waals surface area (Å²) in [4.78, 5) is 9.82. The summed E-state index contributed by atoms with van der Waals surface area (Å²) in [6, 6.07) is -0.244. The van der Waals surface area contributed by atoms with Crippen LogP contribution in [0.4, 0.5) is 0 Å². The number of carbonyl (C=O) groups is 1. The molecule has 3 nitrogen and oxygen atoms in total. The Morgan fingerprint density at radius 3 is 2.50 bits per heavy atom. The van der Waals surface area contributed by atoms with Gasteiger partial charge in [-0.2, -0.15) is 0 Å². The zero-order valence-corrected chi connectivity index (χ0v) is 4.63. The molecule has 0 saturated carbocycles. The zero-order valence-electron chi connectivity index (χ0n) is 4.63. The standard InChI is InChI=1S/C5H10NO2/c1-4(6)2-3-5(7)8/h4H,1-3,6H2,(H,7,8). The van der Waals surface area contributed by atoms with Crippen molar-refractivity contribution in [3.05, 3.63) is 6.92 Å². The minimum Gasteiger partial charge on any atom is -0.481 e. The molecular formula is C5H10NO2. The maximum Gasteiger partial charge on any atom is 0.303 e. The van der Waals surface area contributed by atoms with Gasteiger partial charge < -0.3 is 10.8 Å². The number of hydrogen-bond donors (Lipinski definition) is 2. The maximum atomic E-state index is 9.82. The first kappa shape index (κ1) is 7.43. The van der Waals surface area contributed by atoms with Crippen molar-refractivity contribution in [1.29, 1.82) is 0 Å². The van der Waals surface area contributed by atoms with Gasteiger partial charge in [0.05, 0.1) is 0 Å². The monoisotopic (exact) mass is 116 g/mol. The number of carboxylic acid groups (broad SMARTS) is 1. The first-order valence-corrected chi connectivity index (χ1v) is 2.43. The molecule has 0 rings (SSSR count). The minimum absolute atomic E-state index is 0.116. The van der Waals surface area contributed by atoms with Crippen LogP contribution in [0.1, 0.15) is 12.8 Å². The summed E-state index contributed by atoms with van der Waals surface area (Å²) in [5.74, 6) is -0.816. The van der Waals surface area contributed by atoms with Crippen molar-refractivity contribution >= 4 is 5.97 Å². The molecule has 1 unspecified atom stereocenters. The van der Waals surface area contributed by atoms with Gasteiger partial charge in [-0.25, -0.2) is 0 Å². The second-order valence-corrected chi connectivity index (χ2v) is 1.69. The predicted molar refractivity (Wildman–Crippen MR) is 30.2 cm³/mol. The van der Waals surface area contributed by atoms with Crippen LogP contribution in [0.3, 0.4) is 0 Å². The topological polar surface area (TPSA) is 63.3 Å². The van der Waals surface area contributed by atoms with E-state index in [1.165, 1.54) is 0 Å². The first-order chi connectivity index (χ1) is 3.63. The van der Waals surface area contributed by atoms with Crippen molar-refractivity contribution < 1.29 is 9.90 Å². The molecule has 0 saturated heterocycles. The Morgan fingerprint density at radius 2 is 2.38 bits per heavy atom. The molecule has 0 aliphatic heterocycles. The SMILES string of the molecule is [CH2]C(N)CCC(=O)O. The van der Waals surface area contributed by atoms with Gasteiger partial charge in [0.15, 0.2) is 0 Å². The molecule has 0 heterocycles. The highest BCUT2D eigenvalue weighted by Crippen LogP contribution is 1.90. The molecule has 0 amide bonds. The highest BCUT2D eigenvalue weighted by Gasteiger charge is 1.98. The normalized spacial score (nSPS) is 13.2. The fourth-order valence-corrected chi connectivity index (χ4v) is 0.309. The van der Waals surface area contributed by atoms with Gasteiger partial charge in [0.1, 0.15) is 0 Å². The lowest BCUT2D eigenvalue weighted by Crippen LogP contribution is -2.16. The van der Waals surface area contributed by atoms with E-state index in [9.17, 15) is 4.79 Å². The highest BCUT2D eigenvalue weighted by atomic mass is 16.4. The van der Waals surface area contributed by atoms with Gasteiger partial charge in [0.2, 0.25) is 0 Å². The lowest BCUT2D eigenvalue weighted by atomic mass is 10.2.